The number of H-pyrrole nitrogens is 1. The number of benzene rings is 1. The first-order chi connectivity index (χ1) is 15.7. The molecule has 2 atom stereocenters. The summed E-state index contributed by atoms with van der Waals surface area (Å²) < 4.78 is 95.4. The van der Waals surface area contributed by atoms with Crippen molar-refractivity contribution in [1.82, 2.24) is 9.55 Å². The van der Waals surface area contributed by atoms with Gasteiger partial charge in [0.05, 0.1) is 16.6 Å². The smallest absolute Gasteiger partial charge is 0.368 e. The lowest BCUT2D eigenvalue weighted by Crippen LogP contribution is -2.39. The Morgan fingerprint density at radius 1 is 1.09 bits per heavy atom. The van der Waals surface area contributed by atoms with Gasteiger partial charge in [0.15, 0.2) is 5.92 Å². The highest BCUT2D eigenvalue weighted by molar-refractivity contribution is 5.87. The second kappa shape index (κ2) is 8.28. The molecule has 0 bridgehead atoms. The lowest BCUT2D eigenvalue weighted by Gasteiger charge is -2.27. The number of nitrogens with two attached hydrogens (primary N) is 1. The van der Waals surface area contributed by atoms with E-state index in [1.807, 2.05) is 0 Å². The molecule has 0 amide bonds. The molecule has 4 rings (SSSR count). The molecule has 1 saturated heterocycles. The predicted molar refractivity (Wildman–Crippen MR) is 110 cm³/mol. The average molecular weight is 496 g/mol. The number of nitrogens with zero attached hydrogens (tertiary/aromatic N) is 2. The monoisotopic (exact) mass is 496 g/mol. The summed E-state index contributed by atoms with van der Waals surface area (Å²) in [5.41, 5.74) is 4.62. The summed E-state index contributed by atoms with van der Waals surface area (Å²) in [6.07, 6.45) is -10.8. The van der Waals surface area contributed by atoms with E-state index in [0.717, 1.165) is 6.07 Å². The van der Waals surface area contributed by atoms with Gasteiger partial charge >= 0.3 is 18.0 Å². The van der Waals surface area contributed by atoms with Crippen LogP contribution in [0.2, 0.25) is 0 Å². The summed E-state index contributed by atoms with van der Waals surface area (Å²) in [6.45, 7) is 0.982. The van der Waals surface area contributed by atoms with Crippen molar-refractivity contribution in [2.75, 3.05) is 24.5 Å². The topological polar surface area (TPSA) is 84.1 Å². The molecule has 1 aromatic carbocycles. The average Bonchev–Trinajstić information content (AvgIpc) is 3.45. The Kier molecular flexibility index (Phi) is 5.98. The van der Waals surface area contributed by atoms with Crippen LogP contribution < -0.4 is 21.9 Å². The van der Waals surface area contributed by atoms with Gasteiger partial charge in [-0.15, -0.1) is 0 Å². The van der Waals surface area contributed by atoms with Crippen LogP contribution >= 0.6 is 0 Å². The fourth-order valence-corrected chi connectivity index (χ4v) is 5.05. The zero-order valence-corrected chi connectivity index (χ0v) is 18.1. The molecule has 2 aliphatic rings. The van der Waals surface area contributed by atoms with Gasteiger partial charge in [0.2, 0.25) is 0 Å². The van der Waals surface area contributed by atoms with E-state index in [-0.39, 0.29) is 47.8 Å². The van der Waals surface area contributed by atoms with Gasteiger partial charge < -0.3 is 10.6 Å². The van der Waals surface area contributed by atoms with Crippen molar-refractivity contribution in [2.45, 2.75) is 44.6 Å². The molecule has 188 valence electrons. The van der Waals surface area contributed by atoms with Gasteiger partial charge in [-0.1, -0.05) is 0 Å². The first-order valence-corrected chi connectivity index (χ1v) is 10.8. The molecular formula is C21H23F7N4O2. The maximum atomic E-state index is 15.2. The van der Waals surface area contributed by atoms with Crippen LogP contribution in [0.4, 0.5) is 36.4 Å². The van der Waals surface area contributed by atoms with Gasteiger partial charge in [-0.05, 0) is 50.6 Å². The quantitative estimate of drug-likeness (QED) is 0.620. The standard InChI is InChI=1S/C21H23F7N4O2/c1-9-16-13(18(33)30-19(34)32(16)12-2-3-12)5-14(22)17(9)31-7-10(11(6-29)8-31)4-15(20(23,24)25)21(26,27)28/h5,10-12,15H,2-4,6-8,29H2,1H3,(H,30,33,34). The summed E-state index contributed by atoms with van der Waals surface area (Å²) in [4.78, 5) is 28.3. The zero-order valence-electron chi connectivity index (χ0n) is 18.1. The van der Waals surface area contributed by atoms with Gasteiger partial charge in [0.25, 0.3) is 5.56 Å². The molecule has 13 heteroatoms. The van der Waals surface area contributed by atoms with Crippen LogP contribution in [-0.2, 0) is 0 Å². The number of aromatic nitrogens is 2. The van der Waals surface area contributed by atoms with E-state index in [0.29, 0.717) is 12.8 Å². The first kappa shape index (κ1) is 24.6. The van der Waals surface area contributed by atoms with E-state index in [4.69, 9.17) is 5.73 Å². The molecule has 2 aromatic rings. The number of aryl methyl sites for hydroxylation is 1. The van der Waals surface area contributed by atoms with E-state index in [1.54, 1.807) is 0 Å². The Morgan fingerprint density at radius 2 is 1.68 bits per heavy atom. The maximum Gasteiger partial charge on any atom is 0.400 e. The number of nitrogens with one attached hydrogen (secondary N) is 1. The molecule has 2 fully saturated rings. The van der Waals surface area contributed by atoms with Crippen molar-refractivity contribution in [1.29, 1.82) is 0 Å². The zero-order chi connectivity index (χ0) is 25.2. The fraction of sp³-hybridized carbons (Fsp3) is 0.619. The minimum absolute atomic E-state index is 0.0504. The Hall–Kier alpha value is -2.57. The van der Waals surface area contributed by atoms with E-state index in [1.165, 1.54) is 16.4 Å². The number of alkyl halides is 6. The molecule has 1 aliphatic carbocycles. The lowest BCUT2D eigenvalue weighted by atomic mass is 9.86. The van der Waals surface area contributed by atoms with Crippen molar-refractivity contribution in [3.05, 3.63) is 38.3 Å². The molecule has 6 nitrogen and oxygen atoms in total. The third kappa shape index (κ3) is 4.29. The first-order valence-electron chi connectivity index (χ1n) is 10.8. The second-order valence-corrected chi connectivity index (χ2v) is 9.12. The molecule has 1 aromatic heterocycles. The van der Waals surface area contributed by atoms with Crippen LogP contribution in [0, 0.1) is 30.5 Å². The number of halogens is 7. The second-order valence-electron chi connectivity index (χ2n) is 9.12. The highest BCUT2D eigenvalue weighted by Crippen LogP contribution is 2.46. The van der Waals surface area contributed by atoms with E-state index in [2.05, 4.69) is 4.98 Å². The summed E-state index contributed by atoms with van der Waals surface area (Å²) in [7, 11) is 0. The van der Waals surface area contributed by atoms with E-state index in [9.17, 15) is 35.9 Å². The summed E-state index contributed by atoms with van der Waals surface area (Å²) in [5.74, 6) is -6.18. The minimum atomic E-state index is -5.48. The molecule has 0 radical (unpaired) electrons. The largest absolute Gasteiger partial charge is 0.400 e. The minimum Gasteiger partial charge on any atom is -0.368 e. The normalized spacial score (nSPS) is 21.8. The third-order valence-corrected chi connectivity index (χ3v) is 6.82. The number of hydrogen-bond donors (Lipinski definition) is 2. The molecule has 2 heterocycles. The molecule has 0 spiro atoms. The Bertz CT molecular complexity index is 1200. The maximum absolute atomic E-state index is 15.2. The Balaban J connectivity index is 1.76. The van der Waals surface area contributed by atoms with Crippen molar-refractivity contribution in [3.8, 4) is 0 Å². The molecule has 3 N–H and O–H groups in total. The number of aromatic amines is 1. The number of anilines is 1. The van der Waals surface area contributed by atoms with Crippen molar-refractivity contribution in [2.24, 2.45) is 23.5 Å². The molecular weight excluding hydrogens is 473 g/mol. The molecule has 34 heavy (non-hydrogen) atoms. The predicted octanol–water partition coefficient (Wildman–Crippen LogP) is 3.61. The van der Waals surface area contributed by atoms with Crippen molar-refractivity contribution < 1.29 is 30.7 Å². The van der Waals surface area contributed by atoms with Crippen molar-refractivity contribution >= 4 is 16.6 Å². The highest BCUT2D eigenvalue weighted by Gasteiger charge is 2.57. The summed E-state index contributed by atoms with van der Waals surface area (Å²) in [5, 5.41) is -0.0504. The highest BCUT2D eigenvalue weighted by atomic mass is 19.4. The fourth-order valence-electron chi connectivity index (χ4n) is 5.05. The molecule has 1 saturated carbocycles. The van der Waals surface area contributed by atoms with Gasteiger partial charge in [0, 0.05) is 24.7 Å². The summed E-state index contributed by atoms with van der Waals surface area (Å²) >= 11 is 0. The van der Waals surface area contributed by atoms with Crippen LogP contribution in [-0.4, -0.2) is 41.5 Å². The molecule has 1 aliphatic heterocycles. The van der Waals surface area contributed by atoms with E-state index >= 15 is 4.39 Å². The van der Waals surface area contributed by atoms with Gasteiger partial charge in [0.1, 0.15) is 5.82 Å². The Morgan fingerprint density at radius 3 is 2.21 bits per heavy atom. The van der Waals surface area contributed by atoms with Gasteiger partial charge in [-0.3, -0.25) is 14.3 Å². The number of rotatable bonds is 5. The Labute approximate surface area is 188 Å². The van der Waals surface area contributed by atoms with E-state index < -0.39 is 53.6 Å². The van der Waals surface area contributed by atoms with Crippen LogP contribution in [0.3, 0.4) is 0 Å². The van der Waals surface area contributed by atoms with Crippen LogP contribution in [0.15, 0.2) is 15.7 Å². The third-order valence-electron chi connectivity index (χ3n) is 6.82. The van der Waals surface area contributed by atoms with Crippen LogP contribution in [0.5, 0.6) is 0 Å². The summed E-state index contributed by atoms with van der Waals surface area (Å²) in [6, 6.07) is 0.777. The van der Waals surface area contributed by atoms with Gasteiger partial charge in [-0.2, -0.15) is 26.3 Å². The number of hydrogen-bond acceptors (Lipinski definition) is 4. The molecule has 2 unspecified atom stereocenters. The van der Waals surface area contributed by atoms with Crippen LogP contribution in [0.25, 0.3) is 10.9 Å². The van der Waals surface area contributed by atoms with Crippen LogP contribution in [0.1, 0.15) is 30.9 Å². The lowest BCUT2D eigenvalue weighted by molar-refractivity contribution is -0.288. The number of fused-ring (bicyclic) bond motifs is 1. The SMILES string of the molecule is Cc1c(N2CC(CN)C(CC(C(F)(F)F)C(F)(F)F)C2)c(F)cc2c(=O)[nH]c(=O)n(C3CC3)c12. The van der Waals surface area contributed by atoms with Crippen molar-refractivity contribution in [3.63, 3.8) is 0 Å². The van der Waals surface area contributed by atoms with Gasteiger partial charge in [-0.25, -0.2) is 9.18 Å².